The molecule has 0 aliphatic carbocycles. The third-order valence-electron chi connectivity index (χ3n) is 2.53. The van der Waals surface area contributed by atoms with Gasteiger partial charge in [-0.1, -0.05) is 5.92 Å². The van der Waals surface area contributed by atoms with Crippen LogP contribution in [0, 0.1) is 12.3 Å². The Morgan fingerprint density at radius 3 is 2.65 bits per heavy atom. The summed E-state index contributed by atoms with van der Waals surface area (Å²) >= 11 is 0. The standard InChI is InChI=1S/C11H17N3O2S/c1-4-6-13(3)17(15,16)11-7-10(8-12)14(5-2)9-11/h1,7,9H,5-6,8,12H2,2-3H3. The summed E-state index contributed by atoms with van der Waals surface area (Å²) < 4.78 is 27.1. The van der Waals surface area contributed by atoms with Gasteiger partial charge in [-0.05, 0) is 13.0 Å². The number of hydrogen-bond acceptors (Lipinski definition) is 3. The molecule has 1 heterocycles. The van der Waals surface area contributed by atoms with Gasteiger partial charge in [0.25, 0.3) is 0 Å². The zero-order chi connectivity index (χ0) is 13.1. The Kier molecular flexibility index (Phi) is 4.34. The van der Waals surface area contributed by atoms with Crippen LogP contribution in [-0.4, -0.2) is 30.9 Å². The van der Waals surface area contributed by atoms with Gasteiger partial charge in [-0.2, -0.15) is 4.31 Å². The van der Waals surface area contributed by atoms with Crippen molar-refractivity contribution in [3.8, 4) is 12.3 Å². The third-order valence-corrected chi connectivity index (χ3v) is 4.30. The molecule has 1 aromatic heterocycles. The highest BCUT2D eigenvalue weighted by molar-refractivity contribution is 7.89. The van der Waals surface area contributed by atoms with Crippen molar-refractivity contribution in [1.82, 2.24) is 8.87 Å². The summed E-state index contributed by atoms with van der Waals surface area (Å²) in [6.07, 6.45) is 6.70. The highest BCUT2D eigenvalue weighted by atomic mass is 32.2. The second-order valence-electron chi connectivity index (χ2n) is 3.62. The summed E-state index contributed by atoms with van der Waals surface area (Å²) in [5, 5.41) is 0. The summed E-state index contributed by atoms with van der Waals surface area (Å²) in [4.78, 5) is 0.234. The molecular weight excluding hydrogens is 238 g/mol. The maximum Gasteiger partial charge on any atom is 0.245 e. The van der Waals surface area contributed by atoms with Gasteiger partial charge in [0.15, 0.2) is 0 Å². The largest absolute Gasteiger partial charge is 0.349 e. The lowest BCUT2D eigenvalue weighted by molar-refractivity contribution is 0.503. The Balaban J connectivity index is 3.16. The topological polar surface area (TPSA) is 68.3 Å². The summed E-state index contributed by atoms with van der Waals surface area (Å²) in [5.41, 5.74) is 6.35. The van der Waals surface area contributed by atoms with E-state index in [1.807, 2.05) is 11.5 Å². The van der Waals surface area contributed by atoms with Crippen molar-refractivity contribution < 1.29 is 8.42 Å². The Hall–Kier alpha value is -1.29. The fourth-order valence-corrected chi connectivity index (χ4v) is 2.68. The first kappa shape index (κ1) is 13.8. The molecule has 2 N–H and O–H groups in total. The van der Waals surface area contributed by atoms with E-state index in [-0.39, 0.29) is 11.4 Å². The minimum absolute atomic E-state index is 0.0532. The average molecular weight is 255 g/mol. The zero-order valence-corrected chi connectivity index (χ0v) is 10.9. The Morgan fingerprint density at radius 1 is 1.59 bits per heavy atom. The van der Waals surface area contributed by atoms with E-state index in [4.69, 9.17) is 12.2 Å². The Bertz CT molecular complexity index is 504. The van der Waals surface area contributed by atoms with Crippen LogP contribution >= 0.6 is 0 Å². The molecule has 0 aliphatic heterocycles. The van der Waals surface area contributed by atoms with E-state index in [9.17, 15) is 8.42 Å². The molecule has 0 aliphatic rings. The number of hydrogen-bond donors (Lipinski definition) is 1. The fraction of sp³-hybridized carbons (Fsp3) is 0.455. The molecule has 17 heavy (non-hydrogen) atoms. The van der Waals surface area contributed by atoms with Crippen LogP contribution < -0.4 is 5.73 Å². The van der Waals surface area contributed by atoms with E-state index in [2.05, 4.69) is 5.92 Å². The first-order valence-corrected chi connectivity index (χ1v) is 6.70. The summed E-state index contributed by atoms with van der Waals surface area (Å²) in [6.45, 7) is 2.97. The van der Waals surface area contributed by atoms with E-state index in [0.717, 1.165) is 10.00 Å². The van der Waals surface area contributed by atoms with Gasteiger partial charge >= 0.3 is 0 Å². The van der Waals surface area contributed by atoms with Crippen LogP contribution in [0.15, 0.2) is 17.2 Å². The van der Waals surface area contributed by atoms with Crippen molar-refractivity contribution in [3.05, 3.63) is 18.0 Å². The lowest BCUT2D eigenvalue weighted by Gasteiger charge is -2.12. The van der Waals surface area contributed by atoms with Gasteiger partial charge in [-0.15, -0.1) is 6.42 Å². The first-order chi connectivity index (χ1) is 7.97. The molecule has 0 aromatic carbocycles. The lowest BCUT2D eigenvalue weighted by Crippen LogP contribution is -2.26. The fourth-order valence-electron chi connectivity index (χ4n) is 1.53. The SMILES string of the molecule is C#CCN(C)S(=O)(=O)c1cc(CN)n(CC)c1. The van der Waals surface area contributed by atoms with Gasteiger partial charge < -0.3 is 10.3 Å². The highest BCUT2D eigenvalue weighted by Crippen LogP contribution is 2.17. The molecule has 0 spiro atoms. The molecular formula is C11H17N3O2S. The number of nitrogens with zero attached hydrogens (tertiary/aromatic N) is 2. The molecule has 0 radical (unpaired) electrons. The minimum atomic E-state index is -3.51. The van der Waals surface area contributed by atoms with E-state index >= 15 is 0 Å². The van der Waals surface area contributed by atoms with E-state index in [0.29, 0.717) is 13.1 Å². The van der Waals surface area contributed by atoms with Crippen LogP contribution in [0.1, 0.15) is 12.6 Å². The lowest BCUT2D eigenvalue weighted by atomic mass is 10.4. The molecule has 94 valence electrons. The molecule has 0 saturated heterocycles. The minimum Gasteiger partial charge on any atom is -0.349 e. The third kappa shape index (κ3) is 2.69. The van der Waals surface area contributed by atoms with Gasteiger partial charge in [0.05, 0.1) is 6.54 Å². The van der Waals surface area contributed by atoms with Crippen LogP contribution in [0.3, 0.4) is 0 Å². The van der Waals surface area contributed by atoms with Crippen molar-refractivity contribution in [2.45, 2.75) is 24.9 Å². The molecule has 0 atom stereocenters. The maximum absolute atomic E-state index is 12.1. The second-order valence-corrected chi connectivity index (χ2v) is 5.67. The summed E-state index contributed by atoms with van der Waals surface area (Å²) in [5.74, 6) is 2.31. The number of aromatic nitrogens is 1. The first-order valence-electron chi connectivity index (χ1n) is 5.26. The van der Waals surface area contributed by atoms with Crippen molar-refractivity contribution in [1.29, 1.82) is 0 Å². The normalized spacial score (nSPS) is 11.7. The molecule has 6 heteroatoms. The predicted octanol–water partition coefficient (Wildman–Crippen LogP) is 0.220. The van der Waals surface area contributed by atoms with Crippen LogP contribution in [0.25, 0.3) is 0 Å². The average Bonchev–Trinajstić information content (AvgIpc) is 2.72. The molecule has 0 bridgehead atoms. The highest BCUT2D eigenvalue weighted by Gasteiger charge is 2.22. The number of terminal acetylenes is 1. The summed E-state index contributed by atoms with van der Waals surface area (Å²) in [7, 11) is -2.05. The number of sulfonamides is 1. The van der Waals surface area contributed by atoms with Crippen molar-refractivity contribution in [3.63, 3.8) is 0 Å². The van der Waals surface area contributed by atoms with Crippen LogP contribution in [0.4, 0.5) is 0 Å². The molecule has 5 nitrogen and oxygen atoms in total. The van der Waals surface area contributed by atoms with Gasteiger partial charge in [0, 0.05) is 32.0 Å². The quantitative estimate of drug-likeness (QED) is 0.765. The van der Waals surface area contributed by atoms with Gasteiger partial charge in [0.2, 0.25) is 10.0 Å². The monoisotopic (exact) mass is 255 g/mol. The van der Waals surface area contributed by atoms with E-state index in [1.54, 1.807) is 12.3 Å². The molecule has 0 unspecified atom stereocenters. The van der Waals surface area contributed by atoms with Crippen molar-refractivity contribution in [2.75, 3.05) is 13.6 Å². The van der Waals surface area contributed by atoms with Crippen LogP contribution in [-0.2, 0) is 23.1 Å². The molecule has 1 rings (SSSR count). The Labute approximate surface area is 102 Å². The van der Waals surface area contributed by atoms with Crippen molar-refractivity contribution >= 4 is 10.0 Å². The molecule has 0 amide bonds. The maximum atomic E-state index is 12.1. The van der Waals surface area contributed by atoms with Crippen LogP contribution in [0.5, 0.6) is 0 Å². The van der Waals surface area contributed by atoms with E-state index in [1.165, 1.54) is 7.05 Å². The molecule has 1 aromatic rings. The van der Waals surface area contributed by atoms with Gasteiger partial charge in [-0.3, -0.25) is 0 Å². The number of nitrogens with two attached hydrogens (primary N) is 1. The zero-order valence-electron chi connectivity index (χ0n) is 10.0. The number of rotatable bonds is 5. The van der Waals surface area contributed by atoms with Gasteiger partial charge in [-0.25, -0.2) is 8.42 Å². The smallest absolute Gasteiger partial charge is 0.245 e. The van der Waals surface area contributed by atoms with Gasteiger partial charge in [0.1, 0.15) is 4.90 Å². The summed E-state index contributed by atoms with van der Waals surface area (Å²) in [6, 6.07) is 1.59. The predicted molar refractivity (Wildman–Crippen MR) is 66.6 cm³/mol. The van der Waals surface area contributed by atoms with E-state index < -0.39 is 10.0 Å². The molecule has 0 saturated carbocycles. The van der Waals surface area contributed by atoms with Crippen molar-refractivity contribution in [2.24, 2.45) is 5.73 Å². The van der Waals surface area contributed by atoms with Crippen LogP contribution in [0.2, 0.25) is 0 Å². The number of aryl methyl sites for hydroxylation is 1. The second kappa shape index (κ2) is 5.36. The Morgan fingerprint density at radius 2 is 2.24 bits per heavy atom. The molecule has 0 fully saturated rings.